The average Bonchev–Trinajstić information content (AvgIpc) is 2.65. The molecule has 0 aliphatic heterocycles. The highest BCUT2D eigenvalue weighted by atomic mass is 35.5. The van der Waals surface area contributed by atoms with Gasteiger partial charge in [-0.3, -0.25) is 0 Å². The van der Waals surface area contributed by atoms with E-state index in [1.807, 2.05) is 30.3 Å². The van der Waals surface area contributed by atoms with Crippen molar-refractivity contribution in [2.24, 2.45) is 0 Å². The standard InChI is InChI=1S/C21H17Cl4NO2/c1-27-21-7-13(11-26-16-9-14(22)8-15(23)10-16)5-6-20(21)28-12-17-18(24)3-2-4-19(17)25/h2-10,26H,11-12H2,1H3. The van der Waals surface area contributed by atoms with Gasteiger partial charge in [-0.05, 0) is 48.0 Å². The van der Waals surface area contributed by atoms with Gasteiger partial charge in [0.1, 0.15) is 6.61 Å². The highest BCUT2D eigenvalue weighted by molar-refractivity contribution is 6.36. The molecule has 1 N–H and O–H groups in total. The van der Waals surface area contributed by atoms with E-state index in [4.69, 9.17) is 55.9 Å². The fourth-order valence-corrected chi connectivity index (χ4v) is 3.65. The summed E-state index contributed by atoms with van der Waals surface area (Å²) in [6.07, 6.45) is 0. The van der Waals surface area contributed by atoms with Crippen LogP contribution in [0.4, 0.5) is 5.69 Å². The van der Waals surface area contributed by atoms with Crippen LogP contribution in [0.15, 0.2) is 54.6 Å². The molecule has 0 aromatic heterocycles. The molecule has 0 saturated carbocycles. The van der Waals surface area contributed by atoms with Crippen LogP contribution in [0.3, 0.4) is 0 Å². The van der Waals surface area contributed by atoms with Crippen LogP contribution in [0, 0.1) is 0 Å². The van der Waals surface area contributed by atoms with Crippen LogP contribution >= 0.6 is 46.4 Å². The summed E-state index contributed by atoms with van der Waals surface area (Å²) in [6, 6.07) is 16.4. The third-order valence-electron chi connectivity index (χ3n) is 4.02. The first-order chi connectivity index (χ1) is 13.5. The van der Waals surface area contributed by atoms with Gasteiger partial charge in [0.2, 0.25) is 0 Å². The third-order valence-corrected chi connectivity index (χ3v) is 5.17. The first-order valence-corrected chi connectivity index (χ1v) is 9.90. The molecule has 3 rings (SSSR count). The quantitative estimate of drug-likeness (QED) is 0.399. The Kier molecular flexibility index (Phi) is 7.19. The summed E-state index contributed by atoms with van der Waals surface area (Å²) in [5, 5.41) is 5.57. The summed E-state index contributed by atoms with van der Waals surface area (Å²) in [5.41, 5.74) is 2.58. The molecule has 0 unspecified atom stereocenters. The number of methoxy groups -OCH3 is 1. The predicted molar refractivity (Wildman–Crippen MR) is 118 cm³/mol. The minimum Gasteiger partial charge on any atom is -0.493 e. The molecule has 146 valence electrons. The topological polar surface area (TPSA) is 30.5 Å². The summed E-state index contributed by atoms with van der Waals surface area (Å²) in [4.78, 5) is 0. The Bertz CT molecular complexity index is 938. The molecule has 3 nitrogen and oxygen atoms in total. The number of hydrogen-bond donors (Lipinski definition) is 1. The van der Waals surface area contributed by atoms with Gasteiger partial charge in [-0.15, -0.1) is 0 Å². The molecule has 0 amide bonds. The van der Waals surface area contributed by atoms with Gasteiger partial charge in [0.05, 0.1) is 7.11 Å². The monoisotopic (exact) mass is 455 g/mol. The Morgan fingerprint density at radius 2 is 1.50 bits per heavy atom. The van der Waals surface area contributed by atoms with Gasteiger partial charge in [0.15, 0.2) is 11.5 Å². The van der Waals surface area contributed by atoms with Gasteiger partial charge in [0, 0.05) is 37.9 Å². The summed E-state index contributed by atoms with van der Waals surface area (Å²) in [7, 11) is 1.60. The molecule has 7 heteroatoms. The lowest BCUT2D eigenvalue weighted by molar-refractivity contribution is 0.284. The largest absolute Gasteiger partial charge is 0.493 e. The van der Waals surface area contributed by atoms with E-state index >= 15 is 0 Å². The number of hydrogen-bond acceptors (Lipinski definition) is 3. The molecule has 0 heterocycles. The molecular formula is C21H17Cl4NO2. The zero-order chi connectivity index (χ0) is 20.1. The van der Waals surface area contributed by atoms with Gasteiger partial charge in [-0.1, -0.05) is 58.5 Å². The molecule has 0 bridgehead atoms. The highest BCUT2D eigenvalue weighted by Crippen LogP contribution is 2.32. The summed E-state index contributed by atoms with van der Waals surface area (Å²) < 4.78 is 11.3. The zero-order valence-electron chi connectivity index (χ0n) is 14.9. The second-order valence-electron chi connectivity index (χ2n) is 5.99. The first-order valence-electron chi connectivity index (χ1n) is 8.39. The van der Waals surface area contributed by atoms with Crippen LogP contribution in [-0.2, 0) is 13.2 Å². The number of rotatable bonds is 7. The van der Waals surface area contributed by atoms with E-state index in [0.717, 1.165) is 16.8 Å². The molecule has 0 aliphatic rings. The zero-order valence-corrected chi connectivity index (χ0v) is 18.0. The molecule has 0 radical (unpaired) electrons. The van der Waals surface area contributed by atoms with Gasteiger partial charge in [-0.25, -0.2) is 0 Å². The van der Waals surface area contributed by atoms with E-state index in [0.29, 0.717) is 38.1 Å². The van der Waals surface area contributed by atoms with Crippen molar-refractivity contribution < 1.29 is 9.47 Å². The smallest absolute Gasteiger partial charge is 0.161 e. The van der Waals surface area contributed by atoms with Crippen molar-refractivity contribution in [2.75, 3.05) is 12.4 Å². The van der Waals surface area contributed by atoms with Gasteiger partial charge in [-0.2, -0.15) is 0 Å². The van der Waals surface area contributed by atoms with E-state index in [1.54, 1.807) is 31.4 Å². The minimum atomic E-state index is 0.244. The van der Waals surface area contributed by atoms with Crippen molar-refractivity contribution in [1.29, 1.82) is 0 Å². The van der Waals surface area contributed by atoms with Crippen molar-refractivity contribution in [3.63, 3.8) is 0 Å². The minimum absolute atomic E-state index is 0.244. The predicted octanol–water partition coefficient (Wildman–Crippen LogP) is 7.50. The molecule has 0 saturated heterocycles. The van der Waals surface area contributed by atoms with Crippen LogP contribution in [0.2, 0.25) is 20.1 Å². The third kappa shape index (κ3) is 5.39. The van der Waals surface area contributed by atoms with E-state index in [9.17, 15) is 0 Å². The second kappa shape index (κ2) is 9.62. The molecular weight excluding hydrogens is 440 g/mol. The van der Waals surface area contributed by atoms with Crippen LogP contribution in [0.25, 0.3) is 0 Å². The molecule has 0 aliphatic carbocycles. The summed E-state index contributed by atoms with van der Waals surface area (Å²) in [6.45, 7) is 0.817. The first kappa shape index (κ1) is 20.9. The number of halogens is 4. The SMILES string of the molecule is COc1cc(CNc2cc(Cl)cc(Cl)c2)ccc1OCc1c(Cl)cccc1Cl. The van der Waals surface area contributed by atoms with Crippen molar-refractivity contribution >= 4 is 52.1 Å². The normalized spacial score (nSPS) is 10.6. The van der Waals surface area contributed by atoms with Crippen LogP contribution in [0.5, 0.6) is 11.5 Å². The van der Waals surface area contributed by atoms with Crippen LogP contribution < -0.4 is 14.8 Å². The van der Waals surface area contributed by atoms with E-state index in [1.165, 1.54) is 0 Å². The number of ether oxygens (including phenoxy) is 2. The Hall–Kier alpha value is -1.78. The Balaban J connectivity index is 1.69. The number of nitrogens with one attached hydrogen (secondary N) is 1. The number of benzene rings is 3. The Morgan fingerprint density at radius 1 is 0.821 bits per heavy atom. The summed E-state index contributed by atoms with van der Waals surface area (Å²) in [5.74, 6) is 1.22. The fourth-order valence-electron chi connectivity index (χ4n) is 2.62. The lowest BCUT2D eigenvalue weighted by Gasteiger charge is -2.14. The van der Waals surface area contributed by atoms with E-state index < -0.39 is 0 Å². The summed E-state index contributed by atoms with van der Waals surface area (Å²) >= 11 is 24.4. The van der Waals surface area contributed by atoms with Gasteiger partial charge in [0.25, 0.3) is 0 Å². The molecule has 3 aromatic carbocycles. The maximum atomic E-state index is 6.19. The molecule has 3 aromatic rings. The van der Waals surface area contributed by atoms with Gasteiger partial charge >= 0.3 is 0 Å². The fraction of sp³-hybridized carbons (Fsp3) is 0.143. The van der Waals surface area contributed by atoms with Crippen molar-refractivity contribution in [3.05, 3.63) is 85.8 Å². The van der Waals surface area contributed by atoms with E-state index in [-0.39, 0.29) is 6.61 Å². The van der Waals surface area contributed by atoms with Crippen LogP contribution in [0.1, 0.15) is 11.1 Å². The lowest BCUT2D eigenvalue weighted by Crippen LogP contribution is -2.02. The maximum Gasteiger partial charge on any atom is 0.161 e. The number of anilines is 1. The van der Waals surface area contributed by atoms with Crippen LogP contribution in [-0.4, -0.2) is 7.11 Å². The molecule has 0 fully saturated rings. The van der Waals surface area contributed by atoms with Crippen molar-refractivity contribution in [1.82, 2.24) is 0 Å². The lowest BCUT2D eigenvalue weighted by atomic mass is 10.2. The maximum absolute atomic E-state index is 6.19. The highest BCUT2D eigenvalue weighted by Gasteiger charge is 2.10. The second-order valence-corrected chi connectivity index (χ2v) is 7.67. The molecule has 28 heavy (non-hydrogen) atoms. The van der Waals surface area contributed by atoms with Crippen molar-refractivity contribution in [2.45, 2.75) is 13.2 Å². The Morgan fingerprint density at radius 3 is 2.14 bits per heavy atom. The van der Waals surface area contributed by atoms with Crippen molar-refractivity contribution in [3.8, 4) is 11.5 Å². The Labute approximate surface area is 184 Å². The molecule has 0 atom stereocenters. The average molecular weight is 457 g/mol. The van der Waals surface area contributed by atoms with E-state index in [2.05, 4.69) is 5.32 Å². The van der Waals surface area contributed by atoms with Gasteiger partial charge < -0.3 is 14.8 Å². The molecule has 0 spiro atoms.